The lowest BCUT2D eigenvalue weighted by Crippen LogP contribution is -2.57. The van der Waals surface area contributed by atoms with E-state index in [1.165, 1.54) is 13.1 Å². The number of phenolic OH excluding ortho intramolecular Hbond substituents is 1. The fourth-order valence-corrected chi connectivity index (χ4v) is 4.32. The van der Waals surface area contributed by atoms with E-state index in [9.17, 15) is 29.4 Å². The molecule has 0 radical (unpaired) electrons. The van der Waals surface area contributed by atoms with Crippen LogP contribution in [-0.4, -0.2) is 78.2 Å². The van der Waals surface area contributed by atoms with Gasteiger partial charge in [0.25, 0.3) is 0 Å². The normalized spacial score (nSPS) is 20.5. The van der Waals surface area contributed by atoms with Crippen LogP contribution in [0.15, 0.2) is 36.4 Å². The molecule has 4 bridgehead atoms. The molecule has 39 heavy (non-hydrogen) atoms. The predicted molar refractivity (Wildman–Crippen MR) is 145 cm³/mol. The van der Waals surface area contributed by atoms with Gasteiger partial charge in [-0.05, 0) is 46.5 Å². The van der Waals surface area contributed by atoms with Crippen LogP contribution in [0.25, 0.3) is 11.1 Å². The zero-order chi connectivity index (χ0) is 28.7. The number of hydrogen-bond acceptors (Lipinski definition) is 8. The monoisotopic (exact) mass is 560 g/mol. The first-order chi connectivity index (χ1) is 18.5. The summed E-state index contributed by atoms with van der Waals surface area (Å²) in [6, 6.07) is 6.41. The van der Waals surface area contributed by atoms with Crippen LogP contribution in [0.3, 0.4) is 0 Å². The zero-order valence-corrected chi connectivity index (χ0v) is 22.1. The van der Waals surface area contributed by atoms with Crippen LogP contribution in [0.1, 0.15) is 17.5 Å². The summed E-state index contributed by atoms with van der Waals surface area (Å²) in [6.45, 7) is -0.503. The molecule has 0 aromatic heterocycles. The summed E-state index contributed by atoms with van der Waals surface area (Å²) in [5.74, 6) is -2.64. The van der Waals surface area contributed by atoms with E-state index in [2.05, 4.69) is 21.3 Å². The smallest absolute Gasteiger partial charge is 0.243 e. The Labute approximate surface area is 230 Å². The molecule has 0 unspecified atom stereocenters. The number of benzene rings is 2. The maximum absolute atomic E-state index is 13.3. The Balaban J connectivity index is 2.08. The molecule has 1 aliphatic heterocycles. The molecule has 0 aliphatic carbocycles. The third-order valence-electron chi connectivity index (χ3n) is 6.41. The van der Waals surface area contributed by atoms with Crippen LogP contribution < -0.4 is 32.7 Å². The van der Waals surface area contributed by atoms with E-state index in [-0.39, 0.29) is 38.1 Å². The summed E-state index contributed by atoms with van der Waals surface area (Å²) in [7, 11) is 1.42. The molecule has 1 heterocycles. The molecule has 0 saturated carbocycles. The molecule has 13 heteroatoms. The average Bonchev–Trinajstić information content (AvgIpc) is 2.92. The van der Waals surface area contributed by atoms with Crippen molar-refractivity contribution in [3.05, 3.63) is 52.5 Å². The Bertz CT molecular complexity index is 1240. The minimum atomic E-state index is -1.29. The first-order valence-corrected chi connectivity index (χ1v) is 12.7. The van der Waals surface area contributed by atoms with Gasteiger partial charge in [-0.25, -0.2) is 0 Å². The van der Waals surface area contributed by atoms with Gasteiger partial charge in [-0.2, -0.15) is 0 Å². The number of halogens is 1. The summed E-state index contributed by atoms with van der Waals surface area (Å²) in [6.07, 6.45) is -1.47. The van der Waals surface area contributed by atoms with Gasteiger partial charge >= 0.3 is 0 Å². The van der Waals surface area contributed by atoms with Crippen molar-refractivity contribution in [2.75, 3.05) is 20.1 Å². The van der Waals surface area contributed by atoms with Crippen molar-refractivity contribution in [1.82, 2.24) is 21.3 Å². The number of aliphatic hydroxyl groups is 1. The lowest BCUT2D eigenvalue weighted by molar-refractivity contribution is -0.133. The highest BCUT2D eigenvalue weighted by Gasteiger charge is 2.31. The van der Waals surface area contributed by atoms with E-state index in [1.54, 1.807) is 30.3 Å². The Morgan fingerprint density at radius 3 is 2.41 bits per heavy atom. The predicted octanol–water partition coefficient (Wildman–Crippen LogP) is -1.32. The topological polar surface area (TPSA) is 209 Å². The first-order valence-electron chi connectivity index (χ1n) is 12.4. The fourth-order valence-electron chi connectivity index (χ4n) is 4.13. The van der Waals surface area contributed by atoms with Crippen molar-refractivity contribution in [2.45, 2.75) is 43.5 Å². The minimum absolute atomic E-state index is 0.0374. The van der Waals surface area contributed by atoms with Gasteiger partial charge in [0.15, 0.2) is 0 Å². The molecule has 4 amide bonds. The molecule has 3 rings (SSSR count). The van der Waals surface area contributed by atoms with Gasteiger partial charge in [-0.3, -0.25) is 19.2 Å². The van der Waals surface area contributed by atoms with Gasteiger partial charge in [0, 0.05) is 37.9 Å². The molecule has 12 nitrogen and oxygen atoms in total. The number of nitrogens with one attached hydrogen (secondary N) is 4. The molecule has 1 aliphatic rings. The number of fused-ring (bicyclic) bond motifs is 5. The SMILES string of the molecule is CNC(=O)CNC(=O)[C@@H]1Cc2cc(ccc2Cl)-c2ccc(O)c(c2)C[C@H](N)C(=O)N[C@@H](C[C@@H](O)CN)C(=O)N1. The maximum atomic E-state index is 13.3. The Morgan fingerprint density at radius 1 is 1.08 bits per heavy atom. The Hall–Kier alpha value is -3.71. The van der Waals surface area contributed by atoms with E-state index in [4.69, 9.17) is 23.1 Å². The summed E-state index contributed by atoms with van der Waals surface area (Å²) >= 11 is 6.46. The van der Waals surface area contributed by atoms with E-state index < -0.39 is 47.9 Å². The number of nitrogens with two attached hydrogens (primary N) is 2. The third kappa shape index (κ3) is 7.90. The largest absolute Gasteiger partial charge is 0.508 e. The fraction of sp³-hybridized carbons (Fsp3) is 0.385. The van der Waals surface area contributed by atoms with Crippen LogP contribution >= 0.6 is 11.6 Å². The van der Waals surface area contributed by atoms with E-state index in [0.717, 1.165) is 0 Å². The van der Waals surface area contributed by atoms with E-state index in [1.807, 2.05) is 0 Å². The summed E-state index contributed by atoms with van der Waals surface area (Å²) in [5.41, 5.74) is 14.0. The second-order valence-electron chi connectivity index (χ2n) is 9.30. The van der Waals surface area contributed by atoms with Gasteiger partial charge in [0.2, 0.25) is 23.6 Å². The molecule has 0 fully saturated rings. The zero-order valence-electron chi connectivity index (χ0n) is 21.4. The highest BCUT2D eigenvalue weighted by atomic mass is 35.5. The maximum Gasteiger partial charge on any atom is 0.243 e. The first kappa shape index (κ1) is 29.8. The van der Waals surface area contributed by atoms with Gasteiger partial charge in [-0.15, -0.1) is 0 Å². The standard InChI is InChI=1S/C26H33ClN6O6/c1-30-23(36)12-31-25(38)20-9-15-6-13(2-4-18(15)27)14-3-5-22(35)16(7-14)8-19(29)24(37)32-21(26(39)33-20)10-17(34)11-28/h2-7,17,19-21,34-35H,8-12,28-29H2,1H3,(H,30,36)(H,31,38)(H,32,37)(H,33,39)/t17-,19+,20+,21+/m1/s1. The summed E-state index contributed by atoms with van der Waals surface area (Å²) in [4.78, 5) is 51.1. The molecular formula is C26H33ClN6O6. The van der Waals surface area contributed by atoms with Gasteiger partial charge in [0.1, 0.15) is 17.8 Å². The summed E-state index contributed by atoms with van der Waals surface area (Å²) < 4.78 is 0. The number of rotatable bonds is 6. The quantitative estimate of drug-likeness (QED) is 0.212. The molecule has 4 atom stereocenters. The van der Waals surface area contributed by atoms with Gasteiger partial charge in [-0.1, -0.05) is 23.7 Å². The molecule has 2 aromatic carbocycles. The van der Waals surface area contributed by atoms with Gasteiger partial charge in [0.05, 0.1) is 18.7 Å². The number of carbonyl (C=O) groups excluding carboxylic acids is 4. The van der Waals surface area contributed by atoms with E-state index >= 15 is 0 Å². The minimum Gasteiger partial charge on any atom is -0.508 e. The van der Waals surface area contributed by atoms with Crippen molar-refractivity contribution in [3.63, 3.8) is 0 Å². The third-order valence-corrected chi connectivity index (χ3v) is 6.78. The van der Waals surface area contributed by atoms with Crippen LogP contribution in [0.2, 0.25) is 5.02 Å². The van der Waals surface area contributed by atoms with Crippen molar-refractivity contribution < 1.29 is 29.4 Å². The van der Waals surface area contributed by atoms with Crippen molar-refractivity contribution in [2.24, 2.45) is 11.5 Å². The molecule has 0 saturated heterocycles. The number of phenols is 1. The molecule has 210 valence electrons. The highest BCUT2D eigenvalue weighted by molar-refractivity contribution is 6.31. The van der Waals surface area contributed by atoms with E-state index in [0.29, 0.717) is 27.3 Å². The second kappa shape index (κ2) is 13.4. The van der Waals surface area contributed by atoms with Crippen LogP contribution in [0.4, 0.5) is 0 Å². The molecule has 10 N–H and O–H groups in total. The number of carbonyl (C=O) groups is 4. The Kier molecular flexibility index (Phi) is 10.2. The van der Waals surface area contributed by atoms with Crippen molar-refractivity contribution >= 4 is 35.2 Å². The number of likely N-dealkylation sites (N-methyl/N-ethyl adjacent to an activating group) is 1. The number of hydrogen-bond donors (Lipinski definition) is 8. The molecule has 2 aromatic rings. The average molecular weight is 561 g/mol. The lowest BCUT2D eigenvalue weighted by atomic mass is 9.96. The van der Waals surface area contributed by atoms with Crippen LogP contribution in [0, 0.1) is 0 Å². The highest BCUT2D eigenvalue weighted by Crippen LogP contribution is 2.30. The van der Waals surface area contributed by atoms with Crippen LogP contribution in [-0.2, 0) is 32.0 Å². The van der Waals surface area contributed by atoms with Crippen LogP contribution in [0.5, 0.6) is 5.75 Å². The Morgan fingerprint density at radius 2 is 1.74 bits per heavy atom. The van der Waals surface area contributed by atoms with Gasteiger partial charge < -0.3 is 42.9 Å². The molecule has 0 spiro atoms. The number of aromatic hydroxyl groups is 1. The summed E-state index contributed by atoms with van der Waals surface area (Å²) in [5, 5.41) is 30.9. The van der Waals surface area contributed by atoms with Crippen molar-refractivity contribution in [3.8, 4) is 16.9 Å². The number of amides is 4. The second-order valence-corrected chi connectivity index (χ2v) is 9.71. The lowest BCUT2D eigenvalue weighted by Gasteiger charge is -2.25. The van der Waals surface area contributed by atoms with Crippen molar-refractivity contribution in [1.29, 1.82) is 0 Å². The number of aliphatic hydroxyl groups excluding tert-OH is 1. The molecular weight excluding hydrogens is 528 g/mol.